The van der Waals surface area contributed by atoms with Crippen molar-refractivity contribution in [3.8, 4) is 0 Å². The summed E-state index contributed by atoms with van der Waals surface area (Å²) in [7, 11) is -2.84. The minimum atomic E-state index is -2.84. The van der Waals surface area contributed by atoms with Gasteiger partial charge in [0.25, 0.3) is 0 Å². The van der Waals surface area contributed by atoms with Gasteiger partial charge < -0.3 is 5.73 Å². The highest BCUT2D eigenvalue weighted by Gasteiger charge is 2.32. The Hall–Kier alpha value is -0.940. The predicted octanol–water partition coefficient (Wildman–Crippen LogP) is 0.695. The molecule has 1 aromatic heterocycles. The number of pyridine rings is 1. The molecular weight excluding hydrogens is 236 g/mol. The van der Waals surface area contributed by atoms with Gasteiger partial charge >= 0.3 is 0 Å². The minimum Gasteiger partial charge on any atom is -0.327 e. The van der Waals surface area contributed by atoms with E-state index in [1.807, 2.05) is 19.1 Å². The highest BCUT2D eigenvalue weighted by Crippen LogP contribution is 2.22. The Morgan fingerprint density at radius 1 is 1.59 bits per heavy atom. The molecule has 1 fully saturated rings. The molecule has 2 N–H and O–H groups in total. The van der Waals surface area contributed by atoms with Crippen LogP contribution in [0.4, 0.5) is 0 Å². The van der Waals surface area contributed by atoms with E-state index >= 15 is 0 Å². The molecule has 5 heteroatoms. The smallest absolute Gasteiger partial charge is 0.150 e. The second-order valence-corrected chi connectivity index (χ2v) is 7.03. The zero-order chi connectivity index (χ0) is 12.5. The third-order valence-corrected chi connectivity index (χ3v) is 5.21. The van der Waals surface area contributed by atoms with Crippen molar-refractivity contribution >= 4 is 9.84 Å². The van der Waals surface area contributed by atoms with Gasteiger partial charge in [-0.2, -0.15) is 0 Å². The van der Waals surface area contributed by atoms with Crippen molar-refractivity contribution in [2.75, 3.05) is 11.5 Å². The lowest BCUT2D eigenvalue weighted by Crippen LogP contribution is -2.33. The van der Waals surface area contributed by atoms with Crippen LogP contribution in [0, 0.1) is 12.8 Å². The number of sulfone groups is 1. The van der Waals surface area contributed by atoms with Gasteiger partial charge in [-0.15, -0.1) is 0 Å². The van der Waals surface area contributed by atoms with Gasteiger partial charge in [-0.05, 0) is 30.9 Å². The topological polar surface area (TPSA) is 73.0 Å². The van der Waals surface area contributed by atoms with Crippen molar-refractivity contribution < 1.29 is 8.42 Å². The van der Waals surface area contributed by atoms with Crippen molar-refractivity contribution in [3.05, 3.63) is 29.6 Å². The van der Waals surface area contributed by atoms with Gasteiger partial charge in [-0.3, -0.25) is 4.98 Å². The summed E-state index contributed by atoms with van der Waals surface area (Å²) in [6, 6.07) is 3.78. The maximum absolute atomic E-state index is 11.4. The number of aryl methyl sites for hydroxylation is 1. The lowest BCUT2D eigenvalue weighted by atomic mass is 9.94. The monoisotopic (exact) mass is 254 g/mol. The second kappa shape index (κ2) is 4.74. The third-order valence-electron chi connectivity index (χ3n) is 3.42. The van der Waals surface area contributed by atoms with Crippen molar-refractivity contribution in [1.29, 1.82) is 0 Å². The summed E-state index contributed by atoms with van der Waals surface area (Å²) in [5.74, 6) is 0.605. The minimum absolute atomic E-state index is 0.0846. The SMILES string of the molecule is Cc1cccnc1CC(N)C1CCS(=O)(=O)C1. The van der Waals surface area contributed by atoms with Gasteiger partial charge in [-0.1, -0.05) is 6.07 Å². The normalized spacial score (nSPS) is 24.7. The summed E-state index contributed by atoms with van der Waals surface area (Å²) in [5, 5.41) is 0. The fraction of sp³-hybridized carbons (Fsp3) is 0.583. The Balaban J connectivity index is 2.03. The van der Waals surface area contributed by atoms with E-state index in [0.717, 1.165) is 11.3 Å². The van der Waals surface area contributed by atoms with Crippen LogP contribution in [-0.2, 0) is 16.3 Å². The van der Waals surface area contributed by atoms with Crippen molar-refractivity contribution in [2.45, 2.75) is 25.8 Å². The predicted molar refractivity (Wildman–Crippen MR) is 67.4 cm³/mol. The molecule has 0 spiro atoms. The number of hydrogen-bond donors (Lipinski definition) is 1. The first-order valence-electron chi connectivity index (χ1n) is 5.84. The van der Waals surface area contributed by atoms with Crippen molar-refractivity contribution in [2.24, 2.45) is 11.7 Å². The number of aromatic nitrogens is 1. The molecule has 0 amide bonds. The molecule has 1 saturated heterocycles. The van der Waals surface area contributed by atoms with E-state index < -0.39 is 9.84 Å². The van der Waals surface area contributed by atoms with Crippen LogP contribution < -0.4 is 5.73 Å². The Bertz CT molecular complexity index is 499. The molecule has 0 radical (unpaired) electrons. The quantitative estimate of drug-likeness (QED) is 0.861. The van der Waals surface area contributed by atoms with Crippen LogP contribution in [-0.4, -0.2) is 30.9 Å². The van der Waals surface area contributed by atoms with Gasteiger partial charge in [-0.25, -0.2) is 8.42 Å². The van der Waals surface area contributed by atoms with Crippen LogP contribution in [0.15, 0.2) is 18.3 Å². The summed E-state index contributed by atoms with van der Waals surface area (Å²) in [5.41, 5.74) is 8.19. The number of nitrogens with zero attached hydrogens (tertiary/aromatic N) is 1. The molecule has 1 aliphatic heterocycles. The Labute approximate surface area is 102 Å². The van der Waals surface area contributed by atoms with Gasteiger partial charge in [0.05, 0.1) is 11.5 Å². The lowest BCUT2D eigenvalue weighted by Gasteiger charge is -2.18. The van der Waals surface area contributed by atoms with Gasteiger partial charge in [0.1, 0.15) is 0 Å². The average Bonchev–Trinajstić information content (AvgIpc) is 2.62. The van der Waals surface area contributed by atoms with Crippen LogP contribution in [0.1, 0.15) is 17.7 Å². The maximum Gasteiger partial charge on any atom is 0.150 e. The van der Waals surface area contributed by atoms with Crippen LogP contribution >= 0.6 is 0 Å². The molecule has 0 aliphatic carbocycles. The summed E-state index contributed by atoms with van der Waals surface area (Å²) in [4.78, 5) is 4.30. The molecule has 0 saturated carbocycles. The van der Waals surface area contributed by atoms with Crippen LogP contribution in [0.3, 0.4) is 0 Å². The standard InChI is InChI=1S/C12H18N2O2S/c1-9-3-2-5-14-12(9)7-11(13)10-4-6-17(15,16)8-10/h2-3,5,10-11H,4,6-8,13H2,1H3. The summed E-state index contributed by atoms with van der Waals surface area (Å²) >= 11 is 0. The zero-order valence-corrected chi connectivity index (χ0v) is 10.8. The fourth-order valence-corrected chi connectivity index (χ4v) is 4.18. The van der Waals surface area contributed by atoms with Crippen LogP contribution in [0.5, 0.6) is 0 Å². The maximum atomic E-state index is 11.4. The van der Waals surface area contributed by atoms with Gasteiger partial charge in [0.15, 0.2) is 9.84 Å². The van der Waals surface area contributed by atoms with E-state index in [2.05, 4.69) is 4.98 Å². The molecule has 2 heterocycles. The summed E-state index contributed by atoms with van der Waals surface area (Å²) in [6.07, 6.45) is 3.10. The number of hydrogen-bond acceptors (Lipinski definition) is 4. The summed E-state index contributed by atoms with van der Waals surface area (Å²) < 4.78 is 22.8. The second-order valence-electron chi connectivity index (χ2n) is 4.80. The molecule has 2 atom stereocenters. The Morgan fingerprint density at radius 3 is 2.94 bits per heavy atom. The third kappa shape index (κ3) is 3.04. The highest BCUT2D eigenvalue weighted by molar-refractivity contribution is 7.91. The first-order valence-corrected chi connectivity index (χ1v) is 7.66. The number of nitrogens with two attached hydrogens (primary N) is 1. The molecule has 1 aliphatic rings. The van der Waals surface area contributed by atoms with Gasteiger partial charge in [0, 0.05) is 24.4 Å². The molecule has 0 aromatic carbocycles. The molecular formula is C12H18N2O2S. The first kappa shape index (κ1) is 12.5. The zero-order valence-electron chi connectivity index (χ0n) is 9.96. The molecule has 94 valence electrons. The molecule has 0 bridgehead atoms. The fourth-order valence-electron chi connectivity index (χ4n) is 2.28. The van der Waals surface area contributed by atoms with Crippen LogP contribution in [0.25, 0.3) is 0 Å². The van der Waals surface area contributed by atoms with E-state index in [9.17, 15) is 8.42 Å². The van der Waals surface area contributed by atoms with Crippen molar-refractivity contribution in [1.82, 2.24) is 4.98 Å². The van der Waals surface area contributed by atoms with Gasteiger partial charge in [0.2, 0.25) is 0 Å². The number of rotatable bonds is 3. The first-order chi connectivity index (χ1) is 7.98. The lowest BCUT2D eigenvalue weighted by molar-refractivity contribution is 0.457. The molecule has 17 heavy (non-hydrogen) atoms. The van der Waals surface area contributed by atoms with E-state index in [0.29, 0.717) is 12.8 Å². The Morgan fingerprint density at radius 2 is 2.35 bits per heavy atom. The average molecular weight is 254 g/mol. The largest absolute Gasteiger partial charge is 0.327 e. The van der Waals surface area contributed by atoms with Crippen LogP contribution in [0.2, 0.25) is 0 Å². The van der Waals surface area contributed by atoms with E-state index in [1.54, 1.807) is 6.20 Å². The molecule has 4 nitrogen and oxygen atoms in total. The Kier molecular flexibility index (Phi) is 3.49. The molecule has 1 aromatic rings. The highest BCUT2D eigenvalue weighted by atomic mass is 32.2. The van der Waals surface area contributed by atoms with E-state index in [1.165, 1.54) is 0 Å². The molecule has 2 unspecified atom stereocenters. The van der Waals surface area contributed by atoms with E-state index in [4.69, 9.17) is 5.73 Å². The van der Waals surface area contributed by atoms with Crippen molar-refractivity contribution in [3.63, 3.8) is 0 Å². The summed E-state index contributed by atoms with van der Waals surface area (Å²) in [6.45, 7) is 2.00. The van der Waals surface area contributed by atoms with E-state index in [-0.39, 0.29) is 23.5 Å². The molecule has 2 rings (SSSR count).